The first kappa shape index (κ1) is 9.21. The van der Waals surface area contributed by atoms with Gasteiger partial charge in [0.15, 0.2) is 0 Å². The van der Waals surface area contributed by atoms with Crippen LogP contribution in [0, 0.1) is 5.92 Å². The van der Waals surface area contributed by atoms with Crippen molar-refractivity contribution in [2.45, 2.75) is 19.4 Å². The molecule has 0 aliphatic carbocycles. The SMILES string of the molecule is C[C@H]1C[C@H](CO)CN1.Cl. The fourth-order valence-corrected chi connectivity index (χ4v) is 1.17. The Balaban J connectivity index is 0.000000640. The summed E-state index contributed by atoms with van der Waals surface area (Å²) in [5, 5.41) is 11.9. The Kier molecular flexibility index (Phi) is 4.19. The Bertz CT molecular complexity index is 79.5. The van der Waals surface area contributed by atoms with Crippen molar-refractivity contribution in [3.05, 3.63) is 0 Å². The lowest BCUT2D eigenvalue weighted by molar-refractivity contribution is 0.236. The standard InChI is InChI=1S/C6H13NO.ClH/c1-5-2-6(4-8)3-7-5;/h5-8H,2-4H2,1H3;1H/t5-,6-;/m0./s1. The summed E-state index contributed by atoms with van der Waals surface area (Å²) in [6, 6.07) is 0.618. The molecule has 56 valence electrons. The van der Waals surface area contributed by atoms with Crippen LogP contribution < -0.4 is 5.32 Å². The lowest BCUT2D eigenvalue weighted by Gasteiger charge is -1.99. The van der Waals surface area contributed by atoms with Crippen LogP contribution in [0.25, 0.3) is 0 Å². The van der Waals surface area contributed by atoms with Crippen molar-refractivity contribution in [3.8, 4) is 0 Å². The molecule has 0 aromatic carbocycles. The Morgan fingerprint density at radius 1 is 1.67 bits per heavy atom. The van der Waals surface area contributed by atoms with Crippen molar-refractivity contribution in [2.75, 3.05) is 13.2 Å². The predicted octanol–water partition coefficient (Wildman–Crippen LogP) is 0.399. The molecule has 3 heteroatoms. The zero-order chi connectivity index (χ0) is 5.98. The van der Waals surface area contributed by atoms with E-state index in [9.17, 15) is 0 Å². The van der Waals surface area contributed by atoms with Gasteiger partial charge >= 0.3 is 0 Å². The van der Waals surface area contributed by atoms with Crippen molar-refractivity contribution in [3.63, 3.8) is 0 Å². The van der Waals surface area contributed by atoms with Crippen molar-refractivity contribution in [1.82, 2.24) is 5.32 Å². The molecule has 1 aliphatic rings. The van der Waals surface area contributed by atoms with E-state index >= 15 is 0 Å². The highest BCUT2D eigenvalue weighted by molar-refractivity contribution is 5.85. The normalized spacial score (nSPS) is 34.0. The Labute approximate surface area is 62.1 Å². The summed E-state index contributed by atoms with van der Waals surface area (Å²) < 4.78 is 0. The molecule has 0 radical (unpaired) electrons. The van der Waals surface area contributed by atoms with E-state index in [4.69, 9.17) is 5.11 Å². The maximum atomic E-state index is 8.64. The predicted molar refractivity (Wildman–Crippen MR) is 39.9 cm³/mol. The highest BCUT2D eigenvalue weighted by Crippen LogP contribution is 2.11. The average Bonchev–Trinajstić information content (AvgIpc) is 2.14. The van der Waals surface area contributed by atoms with Gasteiger partial charge in [0.1, 0.15) is 0 Å². The summed E-state index contributed by atoms with van der Waals surface area (Å²) in [4.78, 5) is 0. The second-order valence-corrected chi connectivity index (χ2v) is 2.59. The lowest BCUT2D eigenvalue weighted by atomic mass is 10.1. The van der Waals surface area contributed by atoms with Crippen molar-refractivity contribution in [2.24, 2.45) is 5.92 Å². The molecule has 0 amide bonds. The highest BCUT2D eigenvalue weighted by atomic mass is 35.5. The highest BCUT2D eigenvalue weighted by Gasteiger charge is 2.18. The van der Waals surface area contributed by atoms with Gasteiger partial charge in [0, 0.05) is 19.2 Å². The molecular formula is C6H14ClNO. The largest absolute Gasteiger partial charge is 0.396 e. The van der Waals surface area contributed by atoms with E-state index < -0.39 is 0 Å². The lowest BCUT2D eigenvalue weighted by Crippen LogP contribution is -2.17. The summed E-state index contributed by atoms with van der Waals surface area (Å²) in [5.74, 6) is 0.519. The van der Waals surface area contributed by atoms with Gasteiger partial charge in [-0.05, 0) is 19.3 Å². The average molecular weight is 152 g/mol. The molecule has 0 aromatic heterocycles. The summed E-state index contributed by atoms with van der Waals surface area (Å²) in [5.41, 5.74) is 0. The monoisotopic (exact) mass is 151 g/mol. The first-order chi connectivity index (χ1) is 3.83. The molecule has 1 rings (SSSR count). The zero-order valence-electron chi connectivity index (χ0n) is 5.63. The van der Waals surface area contributed by atoms with Crippen LogP contribution in [0.5, 0.6) is 0 Å². The summed E-state index contributed by atoms with van der Waals surface area (Å²) in [6.45, 7) is 3.49. The van der Waals surface area contributed by atoms with Crippen LogP contribution in [0.15, 0.2) is 0 Å². The van der Waals surface area contributed by atoms with Gasteiger partial charge < -0.3 is 10.4 Å². The van der Waals surface area contributed by atoms with Gasteiger partial charge in [0.2, 0.25) is 0 Å². The molecule has 1 saturated heterocycles. The quantitative estimate of drug-likeness (QED) is 0.569. The summed E-state index contributed by atoms with van der Waals surface area (Å²) in [6.07, 6.45) is 1.14. The van der Waals surface area contributed by atoms with Gasteiger partial charge in [0.05, 0.1) is 0 Å². The molecular weight excluding hydrogens is 138 g/mol. The number of nitrogens with one attached hydrogen (secondary N) is 1. The number of aliphatic hydroxyl groups is 1. The molecule has 0 aromatic rings. The molecule has 0 spiro atoms. The zero-order valence-corrected chi connectivity index (χ0v) is 6.45. The third-order valence-corrected chi connectivity index (χ3v) is 1.70. The number of hydrogen-bond acceptors (Lipinski definition) is 2. The van der Waals surface area contributed by atoms with Gasteiger partial charge in [-0.25, -0.2) is 0 Å². The Hall–Kier alpha value is 0.210. The summed E-state index contributed by atoms with van der Waals surface area (Å²) in [7, 11) is 0. The minimum absolute atomic E-state index is 0. The number of rotatable bonds is 1. The van der Waals surface area contributed by atoms with Gasteiger partial charge in [-0.3, -0.25) is 0 Å². The number of hydrogen-bond donors (Lipinski definition) is 2. The molecule has 1 fully saturated rings. The molecule has 2 nitrogen and oxygen atoms in total. The Morgan fingerprint density at radius 3 is 2.56 bits per heavy atom. The van der Waals surface area contributed by atoms with Crippen LogP contribution in [-0.4, -0.2) is 24.3 Å². The molecule has 1 aliphatic heterocycles. The van der Waals surface area contributed by atoms with E-state index in [0.29, 0.717) is 18.6 Å². The smallest absolute Gasteiger partial charge is 0.0471 e. The van der Waals surface area contributed by atoms with E-state index in [1.165, 1.54) is 0 Å². The van der Waals surface area contributed by atoms with Crippen molar-refractivity contribution < 1.29 is 5.11 Å². The minimum Gasteiger partial charge on any atom is -0.396 e. The van der Waals surface area contributed by atoms with E-state index in [1.807, 2.05) is 0 Å². The second-order valence-electron chi connectivity index (χ2n) is 2.59. The molecule has 2 atom stereocenters. The maximum absolute atomic E-state index is 8.64. The van der Waals surface area contributed by atoms with Crippen LogP contribution in [-0.2, 0) is 0 Å². The topological polar surface area (TPSA) is 32.3 Å². The first-order valence-corrected chi connectivity index (χ1v) is 3.17. The van der Waals surface area contributed by atoms with E-state index in [1.54, 1.807) is 0 Å². The van der Waals surface area contributed by atoms with E-state index in [0.717, 1.165) is 13.0 Å². The fourth-order valence-electron chi connectivity index (χ4n) is 1.17. The van der Waals surface area contributed by atoms with Gasteiger partial charge in [-0.1, -0.05) is 0 Å². The number of aliphatic hydroxyl groups excluding tert-OH is 1. The summed E-state index contributed by atoms with van der Waals surface area (Å²) >= 11 is 0. The van der Waals surface area contributed by atoms with Crippen molar-refractivity contribution in [1.29, 1.82) is 0 Å². The number of halogens is 1. The van der Waals surface area contributed by atoms with Crippen LogP contribution in [0.2, 0.25) is 0 Å². The van der Waals surface area contributed by atoms with Crippen LogP contribution in [0.1, 0.15) is 13.3 Å². The van der Waals surface area contributed by atoms with E-state index in [-0.39, 0.29) is 12.4 Å². The molecule has 0 bridgehead atoms. The molecule has 1 heterocycles. The minimum atomic E-state index is 0. The third-order valence-electron chi connectivity index (χ3n) is 1.70. The van der Waals surface area contributed by atoms with Gasteiger partial charge in [-0.2, -0.15) is 0 Å². The third kappa shape index (κ3) is 2.52. The molecule has 0 unspecified atom stereocenters. The van der Waals surface area contributed by atoms with Crippen LogP contribution in [0.3, 0.4) is 0 Å². The van der Waals surface area contributed by atoms with Crippen LogP contribution >= 0.6 is 12.4 Å². The van der Waals surface area contributed by atoms with Crippen molar-refractivity contribution >= 4 is 12.4 Å². The van der Waals surface area contributed by atoms with Gasteiger partial charge in [-0.15, -0.1) is 12.4 Å². The molecule has 2 N–H and O–H groups in total. The van der Waals surface area contributed by atoms with E-state index in [2.05, 4.69) is 12.2 Å². The van der Waals surface area contributed by atoms with Gasteiger partial charge in [0.25, 0.3) is 0 Å². The second kappa shape index (κ2) is 4.09. The first-order valence-electron chi connectivity index (χ1n) is 3.17. The molecule has 9 heavy (non-hydrogen) atoms. The molecule has 0 saturated carbocycles. The van der Waals surface area contributed by atoms with Crippen LogP contribution in [0.4, 0.5) is 0 Å². The maximum Gasteiger partial charge on any atom is 0.0471 e. The fraction of sp³-hybridized carbons (Fsp3) is 1.00. The Morgan fingerprint density at radius 2 is 2.33 bits per heavy atom.